The Balaban J connectivity index is 5.00. The maximum atomic E-state index is 12.4. The molecule has 1 atom stereocenters. The van der Waals surface area contributed by atoms with Crippen LogP contribution in [-0.4, -0.2) is 47.0 Å². The van der Waals surface area contributed by atoms with E-state index in [1.165, 1.54) is 4.90 Å². The highest BCUT2D eigenvalue weighted by molar-refractivity contribution is 5.88. The summed E-state index contributed by atoms with van der Waals surface area (Å²) in [6.07, 6.45) is 0.413. The minimum Gasteiger partial charge on any atom is -0.480 e. The van der Waals surface area contributed by atoms with Gasteiger partial charge in [0.05, 0.1) is 0 Å². The molecule has 0 saturated heterocycles. The highest BCUT2D eigenvalue weighted by Gasteiger charge is 2.27. The highest BCUT2D eigenvalue weighted by Crippen LogP contribution is 2.10. The quantitative estimate of drug-likeness (QED) is 0.608. The van der Waals surface area contributed by atoms with Crippen molar-refractivity contribution in [2.24, 2.45) is 17.6 Å². The zero-order valence-corrected chi connectivity index (χ0v) is 12.5. The molecule has 0 aromatic rings. The Morgan fingerprint density at radius 3 is 2.05 bits per heavy atom. The van der Waals surface area contributed by atoms with Crippen molar-refractivity contribution in [3.05, 3.63) is 0 Å². The Hall–Kier alpha value is -1.79. The molecule has 0 aromatic carbocycles. The predicted octanol–water partition coefficient (Wildman–Crippen LogP) is 0.639. The molecule has 0 rings (SSSR count). The fourth-order valence-corrected chi connectivity index (χ4v) is 1.92. The van der Waals surface area contributed by atoms with Crippen LogP contribution >= 0.6 is 0 Å². The molecule has 0 aliphatic rings. The number of carbonyl (C=O) groups is 3. The summed E-state index contributed by atoms with van der Waals surface area (Å²) in [5, 5.41) is 11.3. The molecule has 116 valence electrons. The summed E-state index contributed by atoms with van der Waals surface area (Å²) < 4.78 is 0. The van der Waals surface area contributed by atoms with Crippen LogP contribution < -0.4 is 11.1 Å². The maximum absolute atomic E-state index is 12.4. The smallest absolute Gasteiger partial charge is 0.323 e. The second kappa shape index (κ2) is 8.39. The van der Waals surface area contributed by atoms with Crippen LogP contribution in [0.25, 0.3) is 0 Å². The van der Waals surface area contributed by atoms with Crippen molar-refractivity contribution in [2.75, 3.05) is 13.1 Å². The third-order valence-electron chi connectivity index (χ3n) is 2.55. The number of amides is 3. The molecule has 1 unspecified atom stereocenters. The number of nitrogens with one attached hydrogen (secondary N) is 1. The summed E-state index contributed by atoms with van der Waals surface area (Å²) in [4.78, 5) is 35.5. The van der Waals surface area contributed by atoms with E-state index in [1.807, 2.05) is 27.7 Å². The number of nitrogens with two attached hydrogens (primary N) is 1. The van der Waals surface area contributed by atoms with Crippen molar-refractivity contribution in [2.45, 2.75) is 40.2 Å². The van der Waals surface area contributed by atoms with E-state index in [0.29, 0.717) is 13.0 Å². The second-order valence-electron chi connectivity index (χ2n) is 5.70. The summed E-state index contributed by atoms with van der Waals surface area (Å²) in [7, 11) is 0. The molecule has 0 aliphatic carbocycles. The Kier molecular flexibility index (Phi) is 7.64. The van der Waals surface area contributed by atoms with Crippen LogP contribution in [0.4, 0.5) is 4.79 Å². The van der Waals surface area contributed by atoms with E-state index in [0.717, 1.165) is 0 Å². The summed E-state index contributed by atoms with van der Waals surface area (Å²) in [5.74, 6) is -1.19. The number of carboxylic acids is 1. The van der Waals surface area contributed by atoms with Crippen LogP contribution in [0.3, 0.4) is 0 Å². The van der Waals surface area contributed by atoms with Gasteiger partial charge in [-0.05, 0) is 18.3 Å². The number of nitrogens with zero attached hydrogens (tertiary/aromatic N) is 1. The van der Waals surface area contributed by atoms with E-state index >= 15 is 0 Å². The summed E-state index contributed by atoms with van der Waals surface area (Å²) in [6.45, 7) is 7.54. The molecule has 4 N–H and O–H groups in total. The lowest BCUT2D eigenvalue weighted by atomic mass is 10.0. The van der Waals surface area contributed by atoms with Crippen LogP contribution in [0.5, 0.6) is 0 Å². The Morgan fingerprint density at radius 2 is 1.70 bits per heavy atom. The molecule has 0 radical (unpaired) electrons. The minimum absolute atomic E-state index is 0.131. The molecule has 0 spiro atoms. The third-order valence-corrected chi connectivity index (χ3v) is 2.55. The van der Waals surface area contributed by atoms with Gasteiger partial charge < -0.3 is 21.1 Å². The van der Waals surface area contributed by atoms with Crippen molar-refractivity contribution in [3.63, 3.8) is 0 Å². The number of carbonyl (C=O) groups excluding carboxylic acids is 2. The molecular weight excluding hydrogens is 262 g/mol. The molecule has 7 heteroatoms. The molecule has 0 aromatic heterocycles. The predicted molar refractivity (Wildman–Crippen MR) is 75.0 cm³/mol. The molecule has 0 aliphatic heterocycles. The van der Waals surface area contributed by atoms with Crippen LogP contribution in [0.1, 0.15) is 34.1 Å². The average molecular weight is 287 g/mol. The van der Waals surface area contributed by atoms with Gasteiger partial charge in [-0.3, -0.25) is 9.59 Å². The topological polar surface area (TPSA) is 113 Å². The SMILES string of the molecule is CC(C)CC(NC(N)=O)C(=O)N(CC(=O)O)CC(C)C. The molecule has 0 bridgehead atoms. The normalized spacial score (nSPS) is 12.3. The van der Waals surface area contributed by atoms with Crippen molar-refractivity contribution in [1.29, 1.82) is 0 Å². The van der Waals surface area contributed by atoms with E-state index in [-0.39, 0.29) is 18.4 Å². The first-order chi connectivity index (χ1) is 9.13. The summed E-state index contributed by atoms with van der Waals surface area (Å²) in [5.41, 5.74) is 5.07. The van der Waals surface area contributed by atoms with E-state index in [9.17, 15) is 14.4 Å². The number of primary amides is 1. The van der Waals surface area contributed by atoms with Crippen LogP contribution in [-0.2, 0) is 9.59 Å². The van der Waals surface area contributed by atoms with Gasteiger partial charge in [-0.25, -0.2) is 4.79 Å². The molecule has 7 nitrogen and oxygen atoms in total. The van der Waals surface area contributed by atoms with Crippen molar-refractivity contribution < 1.29 is 19.5 Å². The van der Waals surface area contributed by atoms with Crippen LogP contribution in [0.15, 0.2) is 0 Å². The fourth-order valence-electron chi connectivity index (χ4n) is 1.92. The van der Waals surface area contributed by atoms with E-state index < -0.39 is 23.9 Å². The van der Waals surface area contributed by atoms with Crippen LogP contribution in [0, 0.1) is 11.8 Å². The number of aliphatic carboxylic acids is 1. The second-order valence-corrected chi connectivity index (χ2v) is 5.70. The lowest BCUT2D eigenvalue weighted by molar-refractivity contribution is -0.145. The van der Waals surface area contributed by atoms with Gasteiger partial charge in [0.1, 0.15) is 12.6 Å². The van der Waals surface area contributed by atoms with Crippen molar-refractivity contribution in [3.8, 4) is 0 Å². The third kappa shape index (κ3) is 7.60. The van der Waals surface area contributed by atoms with Gasteiger partial charge in [-0.1, -0.05) is 27.7 Å². The standard InChI is InChI=1S/C13H25N3O4/c1-8(2)5-10(15-13(14)20)12(19)16(6-9(3)4)7-11(17)18/h8-10H,5-7H2,1-4H3,(H,17,18)(H3,14,15,20). The number of rotatable bonds is 8. The Labute approximate surface area is 119 Å². The first-order valence-electron chi connectivity index (χ1n) is 6.70. The van der Waals surface area contributed by atoms with Crippen molar-refractivity contribution >= 4 is 17.9 Å². The Bertz CT molecular complexity index is 324. The van der Waals surface area contributed by atoms with Gasteiger partial charge in [-0.2, -0.15) is 0 Å². The molecular formula is C13H25N3O4. The number of hydrogen-bond acceptors (Lipinski definition) is 3. The summed E-state index contributed by atoms with van der Waals surface area (Å²) in [6, 6.07) is -1.57. The first kappa shape index (κ1) is 18.2. The molecule has 20 heavy (non-hydrogen) atoms. The first-order valence-corrected chi connectivity index (χ1v) is 6.70. The van der Waals surface area contributed by atoms with Gasteiger partial charge in [0.15, 0.2) is 0 Å². The average Bonchev–Trinajstić information content (AvgIpc) is 2.23. The van der Waals surface area contributed by atoms with Gasteiger partial charge in [0, 0.05) is 6.54 Å². The van der Waals surface area contributed by atoms with Gasteiger partial charge in [0.2, 0.25) is 5.91 Å². The van der Waals surface area contributed by atoms with E-state index in [4.69, 9.17) is 10.8 Å². The highest BCUT2D eigenvalue weighted by atomic mass is 16.4. The van der Waals surface area contributed by atoms with Crippen molar-refractivity contribution in [1.82, 2.24) is 10.2 Å². The van der Waals surface area contributed by atoms with E-state index in [1.54, 1.807) is 0 Å². The lowest BCUT2D eigenvalue weighted by Crippen LogP contribution is -2.52. The minimum atomic E-state index is -1.08. The molecule has 0 saturated carbocycles. The number of carboxylic acid groups (broad SMARTS) is 1. The molecule has 0 heterocycles. The molecule has 3 amide bonds. The van der Waals surface area contributed by atoms with Gasteiger partial charge in [0.25, 0.3) is 0 Å². The zero-order valence-electron chi connectivity index (χ0n) is 12.5. The van der Waals surface area contributed by atoms with E-state index in [2.05, 4.69) is 5.32 Å². The number of hydrogen-bond donors (Lipinski definition) is 3. The zero-order chi connectivity index (χ0) is 15.9. The Morgan fingerprint density at radius 1 is 1.15 bits per heavy atom. The monoisotopic (exact) mass is 287 g/mol. The summed E-state index contributed by atoms with van der Waals surface area (Å²) >= 11 is 0. The molecule has 0 fully saturated rings. The lowest BCUT2D eigenvalue weighted by Gasteiger charge is -2.28. The number of urea groups is 1. The largest absolute Gasteiger partial charge is 0.480 e. The van der Waals surface area contributed by atoms with Crippen LogP contribution in [0.2, 0.25) is 0 Å². The van der Waals surface area contributed by atoms with Gasteiger partial charge >= 0.3 is 12.0 Å². The fraction of sp³-hybridized carbons (Fsp3) is 0.769. The van der Waals surface area contributed by atoms with Gasteiger partial charge in [-0.15, -0.1) is 0 Å². The maximum Gasteiger partial charge on any atom is 0.323 e.